The van der Waals surface area contributed by atoms with Gasteiger partial charge >= 0.3 is 0 Å². The quantitative estimate of drug-likeness (QED) is 0.737. The van der Waals surface area contributed by atoms with E-state index in [0.29, 0.717) is 24.3 Å². The molecule has 2 N–H and O–H groups in total. The highest BCUT2D eigenvalue weighted by Crippen LogP contribution is 2.67. The Morgan fingerprint density at radius 1 is 1.16 bits per heavy atom. The molecular weight excluding hydrogens is 384 g/mol. The molecule has 0 radical (unpaired) electrons. The maximum absolute atomic E-state index is 14.2. The maximum Gasteiger partial charge on any atom is 0.228 e. The Kier molecular flexibility index (Phi) is 5.10. The second-order valence-corrected chi connectivity index (χ2v) is 11.6. The summed E-state index contributed by atoms with van der Waals surface area (Å²) in [5.41, 5.74) is 9.29. The molecule has 4 heteroatoms. The lowest BCUT2D eigenvalue weighted by molar-refractivity contribution is -0.159. The molecule has 1 heterocycles. The Balaban J connectivity index is 1.50. The Morgan fingerprint density at radius 2 is 1.84 bits per heavy atom. The van der Waals surface area contributed by atoms with Crippen LogP contribution in [-0.4, -0.2) is 43.7 Å². The minimum atomic E-state index is -0.219. The zero-order valence-electron chi connectivity index (χ0n) is 19.4. The van der Waals surface area contributed by atoms with Crippen molar-refractivity contribution in [2.75, 3.05) is 26.8 Å². The van der Waals surface area contributed by atoms with Crippen molar-refractivity contribution in [1.82, 2.24) is 4.90 Å². The number of nitrogens with two attached hydrogens (primary N) is 1. The number of hydrogen-bond acceptors (Lipinski definition) is 3. The zero-order valence-corrected chi connectivity index (χ0v) is 19.4. The highest BCUT2D eigenvalue weighted by atomic mass is 16.5. The van der Waals surface area contributed by atoms with Gasteiger partial charge in [0.25, 0.3) is 0 Å². The van der Waals surface area contributed by atoms with Crippen LogP contribution in [0.5, 0.6) is 0 Å². The topological polar surface area (TPSA) is 55.6 Å². The van der Waals surface area contributed by atoms with Crippen molar-refractivity contribution in [3.05, 3.63) is 47.5 Å². The molecule has 6 rings (SSSR count). The number of rotatable bonds is 4. The number of piperidine rings is 1. The lowest BCUT2D eigenvalue weighted by Gasteiger charge is -2.63. The number of amides is 1. The lowest BCUT2D eigenvalue weighted by Crippen LogP contribution is -2.63. The number of ether oxygens (including phenoxy) is 1. The Labute approximate surface area is 187 Å². The maximum atomic E-state index is 14.2. The molecule has 31 heavy (non-hydrogen) atoms. The van der Waals surface area contributed by atoms with Crippen LogP contribution >= 0.6 is 0 Å². The van der Waals surface area contributed by atoms with Gasteiger partial charge in [-0.2, -0.15) is 0 Å². The fourth-order valence-electron chi connectivity index (χ4n) is 7.71. The summed E-state index contributed by atoms with van der Waals surface area (Å²) in [6.07, 6.45) is 8.61. The van der Waals surface area contributed by atoms with Crippen molar-refractivity contribution in [3.8, 4) is 0 Å². The number of methoxy groups -OCH3 is 1. The summed E-state index contributed by atoms with van der Waals surface area (Å²) in [7, 11) is 1.77. The molecule has 4 nitrogen and oxygen atoms in total. The second-order valence-electron chi connectivity index (χ2n) is 11.6. The molecular formula is C27H38N2O2. The van der Waals surface area contributed by atoms with Crippen LogP contribution in [0.1, 0.15) is 57.9 Å². The average Bonchev–Trinajstić information content (AvgIpc) is 2.75. The first-order valence-electron chi connectivity index (χ1n) is 12.1. The average molecular weight is 423 g/mol. The van der Waals surface area contributed by atoms with Gasteiger partial charge in [0.15, 0.2) is 0 Å². The highest BCUT2D eigenvalue weighted by molar-refractivity contribution is 5.84. The summed E-state index contributed by atoms with van der Waals surface area (Å²) in [5, 5.41) is 0. The summed E-state index contributed by atoms with van der Waals surface area (Å²) in [5.74, 6) is 1.41. The molecule has 5 aliphatic rings. The first-order valence-corrected chi connectivity index (χ1v) is 12.1. The number of carbonyl (C=O) groups is 1. The van der Waals surface area contributed by atoms with Gasteiger partial charge in [0.2, 0.25) is 5.91 Å². The van der Waals surface area contributed by atoms with E-state index in [1.54, 1.807) is 12.7 Å². The van der Waals surface area contributed by atoms with Crippen molar-refractivity contribution in [2.45, 2.75) is 63.8 Å². The zero-order chi connectivity index (χ0) is 21.9. The minimum Gasteiger partial charge on any atom is -0.381 e. The molecule has 1 amide bonds. The normalized spacial score (nSPS) is 38.4. The Morgan fingerprint density at radius 3 is 2.45 bits per heavy atom. The summed E-state index contributed by atoms with van der Waals surface area (Å²) in [4.78, 5) is 16.4. The van der Waals surface area contributed by atoms with Gasteiger partial charge in [0, 0.05) is 26.2 Å². The summed E-state index contributed by atoms with van der Waals surface area (Å²) in [6.45, 7) is 6.71. The molecule has 2 unspecified atom stereocenters. The van der Waals surface area contributed by atoms with Crippen molar-refractivity contribution < 1.29 is 9.53 Å². The first kappa shape index (κ1) is 21.2. The third-order valence-electron chi connectivity index (χ3n) is 9.09. The van der Waals surface area contributed by atoms with E-state index in [0.717, 1.165) is 38.8 Å². The Hall–Kier alpha value is -1.65. The number of likely N-dealkylation sites (tertiary alicyclic amines) is 1. The van der Waals surface area contributed by atoms with Gasteiger partial charge in [0.1, 0.15) is 0 Å². The van der Waals surface area contributed by atoms with E-state index in [-0.39, 0.29) is 22.3 Å². The molecule has 0 aromatic heterocycles. The third kappa shape index (κ3) is 3.38. The van der Waals surface area contributed by atoms with Crippen molar-refractivity contribution in [1.29, 1.82) is 0 Å². The smallest absolute Gasteiger partial charge is 0.228 e. The number of benzene rings is 1. The van der Waals surface area contributed by atoms with Crippen LogP contribution in [0.3, 0.4) is 0 Å². The Bertz CT molecular complexity index is 856. The van der Waals surface area contributed by atoms with Gasteiger partial charge in [-0.15, -0.1) is 0 Å². The van der Waals surface area contributed by atoms with Crippen LogP contribution in [0.4, 0.5) is 0 Å². The van der Waals surface area contributed by atoms with Crippen LogP contribution in [0, 0.1) is 22.7 Å². The fraction of sp³-hybridized carbons (Fsp3) is 0.667. The van der Waals surface area contributed by atoms with E-state index in [1.807, 2.05) is 0 Å². The van der Waals surface area contributed by atoms with E-state index >= 15 is 0 Å². The van der Waals surface area contributed by atoms with Gasteiger partial charge in [-0.25, -0.2) is 0 Å². The predicted octanol–water partition coefficient (Wildman–Crippen LogP) is 4.29. The summed E-state index contributed by atoms with van der Waals surface area (Å²) < 4.78 is 5.39. The monoisotopic (exact) mass is 422 g/mol. The van der Waals surface area contributed by atoms with Crippen LogP contribution in [0.15, 0.2) is 42.0 Å². The van der Waals surface area contributed by atoms with Gasteiger partial charge in [0.05, 0.1) is 12.0 Å². The number of nitrogens with zero attached hydrogens (tertiary/aromatic N) is 1. The number of hydrogen-bond donors (Lipinski definition) is 1. The molecule has 1 saturated heterocycles. The third-order valence-corrected chi connectivity index (χ3v) is 9.09. The second kappa shape index (κ2) is 7.45. The van der Waals surface area contributed by atoms with Crippen LogP contribution < -0.4 is 5.73 Å². The number of allylic oxidation sites excluding steroid dienone is 1. The highest BCUT2D eigenvalue weighted by Gasteiger charge is 2.63. The van der Waals surface area contributed by atoms with Crippen LogP contribution in [0.2, 0.25) is 0 Å². The summed E-state index contributed by atoms with van der Waals surface area (Å²) >= 11 is 0. The van der Waals surface area contributed by atoms with E-state index in [4.69, 9.17) is 10.5 Å². The van der Waals surface area contributed by atoms with Crippen molar-refractivity contribution in [3.63, 3.8) is 0 Å². The molecule has 0 spiro atoms. The van der Waals surface area contributed by atoms with E-state index in [2.05, 4.69) is 55.2 Å². The molecule has 4 bridgehead atoms. The predicted molar refractivity (Wildman–Crippen MR) is 124 cm³/mol. The molecule has 168 valence electrons. The first-order chi connectivity index (χ1) is 14.8. The fourth-order valence-corrected chi connectivity index (χ4v) is 7.71. The van der Waals surface area contributed by atoms with E-state index < -0.39 is 0 Å². The molecule has 1 aromatic carbocycles. The van der Waals surface area contributed by atoms with Gasteiger partial charge in [-0.1, -0.05) is 55.8 Å². The molecule has 4 saturated carbocycles. The van der Waals surface area contributed by atoms with Crippen molar-refractivity contribution >= 4 is 5.91 Å². The molecule has 1 aliphatic heterocycles. The minimum absolute atomic E-state index is 0.0170. The van der Waals surface area contributed by atoms with Gasteiger partial charge in [-0.3, -0.25) is 4.79 Å². The van der Waals surface area contributed by atoms with Gasteiger partial charge < -0.3 is 15.4 Å². The van der Waals surface area contributed by atoms with Crippen molar-refractivity contribution in [2.24, 2.45) is 28.4 Å². The van der Waals surface area contributed by atoms with Crippen LogP contribution in [-0.2, 0) is 14.9 Å². The SMILES string of the molecule is COCC=C1C2CC3(C(=O)N4CC[C@H](N)C(C)(C)C4)CC1CC(c1ccccc1)(C2)C3. The molecule has 3 atom stereocenters. The largest absolute Gasteiger partial charge is 0.381 e. The standard InChI is InChI=1S/C27H38N2O2/c1-25(2)18-29(11-9-23(25)28)24(30)27-15-19-13-26(17-27,21-7-5-4-6-8-21)14-20(16-27)22(19)10-12-31-3/h4-8,10,19-20,23H,9,11-18,28H2,1-3H3/t19?,20?,23-,26?,27?/m0/s1. The molecule has 1 aromatic rings. The summed E-state index contributed by atoms with van der Waals surface area (Å²) in [6, 6.07) is 11.2. The lowest BCUT2D eigenvalue weighted by atomic mass is 9.41. The molecule has 5 fully saturated rings. The number of carbonyl (C=O) groups excluding carboxylic acids is 1. The van der Waals surface area contributed by atoms with E-state index in [1.165, 1.54) is 18.4 Å². The van der Waals surface area contributed by atoms with Gasteiger partial charge in [-0.05, 0) is 66.8 Å². The van der Waals surface area contributed by atoms with Crippen LogP contribution in [0.25, 0.3) is 0 Å². The molecule has 4 aliphatic carbocycles. The van der Waals surface area contributed by atoms with E-state index in [9.17, 15) is 4.79 Å².